The van der Waals surface area contributed by atoms with Crippen LogP contribution in [-0.2, 0) is 6.54 Å². The highest BCUT2D eigenvalue weighted by atomic mass is 79.9. The van der Waals surface area contributed by atoms with Gasteiger partial charge < -0.3 is 11.1 Å². The number of hydrogen-bond acceptors (Lipinski definition) is 6. The molecular weight excluding hydrogens is 524 g/mol. The fourth-order valence-corrected chi connectivity index (χ4v) is 5.68. The van der Waals surface area contributed by atoms with Crippen molar-refractivity contribution >= 4 is 66.3 Å². The number of rotatable bonds is 6. The molecule has 4 heterocycles. The fourth-order valence-electron chi connectivity index (χ4n) is 3.30. The van der Waals surface area contributed by atoms with Crippen LogP contribution in [0.25, 0.3) is 20.7 Å². The number of nitrogens with two attached hydrogens (primary N) is 1. The quantitative estimate of drug-likeness (QED) is 0.332. The first-order chi connectivity index (χ1) is 15.2. The predicted molar refractivity (Wildman–Crippen MR) is 125 cm³/mol. The van der Waals surface area contributed by atoms with Crippen LogP contribution >= 0.6 is 38.6 Å². The maximum Gasteiger partial charge on any atom is 0.280 e. The molecule has 12 heteroatoms. The molecule has 0 saturated heterocycles. The van der Waals surface area contributed by atoms with E-state index >= 15 is 0 Å². The van der Waals surface area contributed by atoms with Crippen LogP contribution in [0.2, 0.25) is 0 Å². The third kappa shape index (κ3) is 3.93. The number of anilines is 1. The topological polar surface area (TPSA) is 103 Å². The van der Waals surface area contributed by atoms with Gasteiger partial charge in [-0.25, -0.2) is 13.8 Å². The zero-order valence-electron chi connectivity index (χ0n) is 16.8. The number of primary amides is 1. The first-order valence-corrected chi connectivity index (χ1v) is 11.8. The second-order valence-electron chi connectivity index (χ2n) is 6.77. The van der Waals surface area contributed by atoms with Gasteiger partial charge >= 0.3 is 0 Å². The fraction of sp³-hybridized carbons (Fsp3) is 0.200. The first kappa shape index (κ1) is 22.5. The van der Waals surface area contributed by atoms with E-state index in [-0.39, 0.29) is 21.1 Å². The molecule has 166 valence electrons. The maximum atomic E-state index is 13.6. The van der Waals surface area contributed by atoms with E-state index in [0.717, 1.165) is 16.2 Å². The smallest absolute Gasteiger partial charge is 0.280 e. The third-order valence-electron chi connectivity index (χ3n) is 4.68. The average Bonchev–Trinajstić information content (AvgIpc) is 3.44. The highest BCUT2D eigenvalue weighted by Crippen LogP contribution is 2.44. The molecule has 0 aliphatic heterocycles. The molecule has 0 saturated carbocycles. The molecule has 0 aromatic carbocycles. The molecule has 0 atom stereocenters. The molecule has 3 N–H and O–H groups in total. The Labute approximate surface area is 197 Å². The first-order valence-electron chi connectivity index (χ1n) is 9.36. The summed E-state index contributed by atoms with van der Waals surface area (Å²) in [6.45, 7) is 4.17. The van der Waals surface area contributed by atoms with Crippen molar-refractivity contribution in [3.05, 3.63) is 50.0 Å². The minimum absolute atomic E-state index is 0.0282. The van der Waals surface area contributed by atoms with Gasteiger partial charge in [0.05, 0.1) is 16.4 Å². The molecule has 7 nitrogen and oxygen atoms in total. The molecule has 2 amide bonds. The molecule has 32 heavy (non-hydrogen) atoms. The maximum absolute atomic E-state index is 13.6. The van der Waals surface area contributed by atoms with Crippen molar-refractivity contribution in [1.82, 2.24) is 14.8 Å². The van der Waals surface area contributed by atoms with Crippen LogP contribution in [0.15, 0.2) is 28.9 Å². The van der Waals surface area contributed by atoms with Gasteiger partial charge in [-0.1, -0.05) is 0 Å². The summed E-state index contributed by atoms with van der Waals surface area (Å²) in [7, 11) is 0. The van der Waals surface area contributed by atoms with E-state index < -0.39 is 23.9 Å². The number of carbonyl (C=O) groups is 2. The van der Waals surface area contributed by atoms with Gasteiger partial charge in [0.25, 0.3) is 18.2 Å². The predicted octanol–water partition coefficient (Wildman–Crippen LogP) is 5.60. The Hall–Kier alpha value is -2.70. The lowest BCUT2D eigenvalue weighted by atomic mass is 10.1. The second-order valence-corrected chi connectivity index (χ2v) is 9.91. The number of nitrogens with zero attached hydrogens (tertiary/aromatic N) is 3. The van der Waals surface area contributed by atoms with Crippen LogP contribution in [0.1, 0.15) is 44.1 Å². The van der Waals surface area contributed by atoms with Crippen molar-refractivity contribution in [3.8, 4) is 10.4 Å². The molecule has 0 bridgehead atoms. The molecule has 0 aliphatic rings. The second kappa shape index (κ2) is 8.68. The molecule has 0 fully saturated rings. The van der Waals surface area contributed by atoms with Crippen LogP contribution < -0.4 is 11.1 Å². The molecule has 0 unspecified atom stereocenters. The van der Waals surface area contributed by atoms with Gasteiger partial charge in [0, 0.05) is 27.2 Å². The number of halogens is 3. The Morgan fingerprint density at radius 1 is 1.31 bits per heavy atom. The van der Waals surface area contributed by atoms with Crippen LogP contribution in [0, 0.1) is 6.92 Å². The summed E-state index contributed by atoms with van der Waals surface area (Å²) >= 11 is 5.59. The van der Waals surface area contributed by atoms with Crippen molar-refractivity contribution < 1.29 is 18.4 Å². The van der Waals surface area contributed by atoms with Crippen molar-refractivity contribution in [2.24, 2.45) is 5.73 Å². The van der Waals surface area contributed by atoms with Crippen LogP contribution in [0.3, 0.4) is 0 Å². The molecule has 4 aromatic heterocycles. The summed E-state index contributed by atoms with van der Waals surface area (Å²) in [6.07, 6.45) is -1.30. The number of amides is 2. The van der Waals surface area contributed by atoms with Gasteiger partial charge in [-0.15, -0.1) is 22.7 Å². The monoisotopic (exact) mass is 539 g/mol. The van der Waals surface area contributed by atoms with E-state index in [4.69, 9.17) is 5.73 Å². The standard InChI is InChI=1S/C20H16BrF2N5O2S2/c1-3-28-15(10(21)7-25-28)19(30)27-14-13-9(12-5-4-8(2)31-12)6-11(17(22)23)26-20(13)32-16(14)18(24)29/h4-7,17H,3H2,1-2H3,(H2,24,29)(H,27,30). The summed E-state index contributed by atoms with van der Waals surface area (Å²) in [5, 5.41) is 7.28. The number of carbonyl (C=O) groups excluding carboxylic acids is 2. The Kier molecular flexibility index (Phi) is 6.10. The normalized spacial score (nSPS) is 11.4. The average molecular weight is 540 g/mol. The lowest BCUT2D eigenvalue weighted by Gasteiger charge is -2.11. The minimum Gasteiger partial charge on any atom is -0.365 e. The number of fused-ring (bicyclic) bond motifs is 1. The van der Waals surface area contributed by atoms with E-state index in [1.165, 1.54) is 28.3 Å². The number of thiophene rings is 2. The number of nitrogens with one attached hydrogen (secondary N) is 1. The van der Waals surface area contributed by atoms with E-state index in [1.807, 2.05) is 19.9 Å². The Bertz CT molecular complexity index is 1360. The van der Waals surface area contributed by atoms with Gasteiger partial charge in [-0.2, -0.15) is 5.10 Å². The molecule has 0 radical (unpaired) electrons. The number of aryl methyl sites for hydroxylation is 2. The zero-order valence-corrected chi connectivity index (χ0v) is 20.0. The summed E-state index contributed by atoms with van der Waals surface area (Å²) in [5.74, 6) is -1.32. The molecule has 4 rings (SSSR count). The third-order valence-corrected chi connectivity index (χ3v) is 7.40. The van der Waals surface area contributed by atoms with Gasteiger partial charge in [-0.3, -0.25) is 14.3 Å². The Morgan fingerprint density at radius 3 is 2.66 bits per heavy atom. The van der Waals surface area contributed by atoms with Gasteiger partial charge in [0.15, 0.2) is 0 Å². The number of pyridine rings is 1. The lowest BCUT2D eigenvalue weighted by Crippen LogP contribution is -2.20. The number of alkyl halides is 2. The minimum atomic E-state index is -2.80. The summed E-state index contributed by atoms with van der Waals surface area (Å²) < 4.78 is 29.1. The van der Waals surface area contributed by atoms with Crippen molar-refractivity contribution in [2.45, 2.75) is 26.8 Å². The zero-order chi connectivity index (χ0) is 23.2. The highest BCUT2D eigenvalue weighted by molar-refractivity contribution is 9.10. The number of aromatic nitrogens is 3. The van der Waals surface area contributed by atoms with E-state index in [1.54, 1.807) is 6.07 Å². The summed E-state index contributed by atoms with van der Waals surface area (Å²) in [4.78, 5) is 31.3. The van der Waals surface area contributed by atoms with Gasteiger partial charge in [0.2, 0.25) is 0 Å². The largest absolute Gasteiger partial charge is 0.365 e. The SMILES string of the molecule is CCn1ncc(Br)c1C(=O)Nc1c(C(N)=O)sc2nc(C(F)F)cc(-c3ccc(C)s3)c12. The van der Waals surface area contributed by atoms with Gasteiger partial charge in [0.1, 0.15) is 21.1 Å². The van der Waals surface area contributed by atoms with Crippen LogP contribution in [-0.4, -0.2) is 26.6 Å². The van der Waals surface area contributed by atoms with E-state index in [2.05, 4.69) is 31.3 Å². The highest BCUT2D eigenvalue weighted by Gasteiger charge is 2.27. The molecule has 4 aromatic rings. The van der Waals surface area contributed by atoms with Gasteiger partial charge in [-0.05, 0) is 48.0 Å². The number of hydrogen-bond donors (Lipinski definition) is 2. The summed E-state index contributed by atoms with van der Waals surface area (Å²) in [6, 6.07) is 4.96. The molecule has 0 aliphatic carbocycles. The summed E-state index contributed by atoms with van der Waals surface area (Å²) in [5.41, 5.74) is 6.01. The molecule has 0 spiro atoms. The van der Waals surface area contributed by atoms with Crippen molar-refractivity contribution in [2.75, 3.05) is 5.32 Å². The molecular formula is C20H16BrF2N5O2S2. The van der Waals surface area contributed by atoms with Crippen LogP contribution in [0.4, 0.5) is 14.5 Å². The Morgan fingerprint density at radius 2 is 2.06 bits per heavy atom. The van der Waals surface area contributed by atoms with E-state index in [9.17, 15) is 18.4 Å². The van der Waals surface area contributed by atoms with Crippen LogP contribution in [0.5, 0.6) is 0 Å². The Balaban J connectivity index is 1.96. The van der Waals surface area contributed by atoms with Crippen molar-refractivity contribution in [3.63, 3.8) is 0 Å². The lowest BCUT2D eigenvalue weighted by molar-refractivity contribution is 0.100. The van der Waals surface area contributed by atoms with E-state index in [0.29, 0.717) is 26.8 Å². The van der Waals surface area contributed by atoms with Crippen molar-refractivity contribution in [1.29, 1.82) is 0 Å².